The smallest absolute Gasteiger partial charge is 0.270 e. The molecule has 15 heavy (non-hydrogen) atoms. The molecule has 2 N–H and O–H groups in total. The largest absolute Gasteiger partial charge is 0.411 e. The molecule has 6 heteroatoms. The van der Waals surface area contributed by atoms with E-state index in [-0.39, 0.29) is 11.8 Å². The van der Waals surface area contributed by atoms with Gasteiger partial charge >= 0.3 is 0 Å². The molecule has 1 rings (SSSR count). The zero-order valence-corrected chi connectivity index (χ0v) is 10.0. The van der Waals surface area contributed by atoms with Crippen molar-refractivity contribution in [1.29, 1.82) is 0 Å². The van der Waals surface area contributed by atoms with Crippen molar-refractivity contribution < 1.29 is 18.2 Å². The van der Waals surface area contributed by atoms with Crippen LogP contribution in [-0.2, 0) is 10.1 Å². The van der Waals surface area contributed by atoms with E-state index in [0.29, 0.717) is 18.6 Å². The molecule has 0 amide bonds. The minimum atomic E-state index is -4.13. The summed E-state index contributed by atoms with van der Waals surface area (Å²) in [6, 6.07) is 0. The second-order valence-corrected chi connectivity index (χ2v) is 7.22. The predicted molar refractivity (Wildman–Crippen MR) is 56.8 cm³/mol. The molecule has 0 saturated heterocycles. The summed E-state index contributed by atoms with van der Waals surface area (Å²) in [6.07, 6.45) is 0.998. The zero-order valence-electron chi connectivity index (χ0n) is 9.19. The molecule has 88 valence electrons. The van der Waals surface area contributed by atoms with Crippen LogP contribution in [0.25, 0.3) is 0 Å². The molecule has 0 aromatic heterocycles. The van der Waals surface area contributed by atoms with Gasteiger partial charge in [0.05, 0.1) is 5.71 Å². The lowest BCUT2D eigenvalue weighted by Crippen LogP contribution is -2.46. The molecule has 0 aromatic rings. The first-order valence-electron chi connectivity index (χ1n) is 4.76. The summed E-state index contributed by atoms with van der Waals surface area (Å²) in [6.45, 7) is 5.26. The summed E-state index contributed by atoms with van der Waals surface area (Å²) < 4.78 is 30.5. The van der Waals surface area contributed by atoms with Gasteiger partial charge in [0.15, 0.2) is 0 Å². The molecule has 5 nitrogen and oxygen atoms in total. The lowest BCUT2D eigenvalue weighted by molar-refractivity contribution is 0.250. The normalized spacial score (nSPS) is 34.3. The highest BCUT2D eigenvalue weighted by atomic mass is 32.2. The fourth-order valence-electron chi connectivity index (χ4n) is 2.44. The third-order valence-electron chi connectivity index (χ3n) is 2.88. The van der Waals surface area contributed by atoms with Gasteiger partial charge in [0.25, 0.3) is 10.1 Å². The van der Waals surface area contributed by atoms with E-state index in [4.69, 9.17) is 5.21 Å². The van der Waals surface area contributed by atoms with Crippen LogP contribution in [-0.4, -0.2) is 28.6 Å². The number of rotatable bonds is 1. The fraction of sp³-hybridized carbons (Fsp3) is 0.889. The van der Waals surface area contributed by atoms with E-state index < -0.39 is 14.9 Å². The van der Waals surface area contributed by atoms with Crippen LogP contribution in [0, 0.1) is 5.41 Å². The molecule has 0 bridgehead atoms. The minimum Gasteiger partial charge on any atom is -0.411 e. The van der Waals surface area contributed by atoms with Crippen LogP contribution in [0.3, 0.4) is 0 Å². The van der Waals surface area contributed by atoms with Crippen molar-refractivity contribution in [3.05, 3.63) is 0 Å². The van der Waals surface area contributed by atoms with E-state index in [0.717, 1.165) is 0 Å². The van der Waals surface area contributed by atoms with E-state index >= 15 is 0 Å². The number of hydrogen-bond donors (Lipinski definition) is 2. The van der Waals surface area contributed by atoms with Crippen LogP contribution >= 0.6 is 0 Å². The van der Waals surface area contributed by atoms with E-state index in [1.54, 1.807) is 0 Å². The average molecular weight is 235 g/mol. The molecule has 1 fully saturated rings. The lowest BCUT2D eigenvalue weighted by Gasteiger charge is -2.40. The number of nitrogens with zero attached hydrogens (tertiary/aromatic N) is 1. The monoisotopic (exact) mass is 235 g/mol. The Kier molecular flexibility index (Phi) is 2.86. The van der Waals surface area contributed by atoms with Gasteiger partial charge in [-0.2, -0.15) is 8.42 Å². The molecule has 0 heterocycles. The predicted octanol–water partition coefficient (Wildman–Crippen LogP) is 1.67. The van der Waals surface area contributed by atoms with Gasteiger partial charge in [-0.3, -0.25) is 4.55 Å². The first-order valence-corrected chi connectivity index (χ1v) is 6.21. The van der Waals surface area contributed by atoms with Crippen molar-refractivity contribution >= 4 is 15.8 Å². The Hall–Kier alpha value is -0.620. The molecule has 0 aliphatic heterocycles. The summed E-state index contributed by atoms with van der Waals surface area (Å²) in [5.74, 6) is 0. The molecule has 0 radical (unpaired) electrons. The Morgan fingerprint density at radius 1 is 1.27 bits per heavy atom. The van der Waals surface area contributed by atoms with Crippen molar-refractivity contribution in [1.82, 2.24) is 0 Å². The highest BCUT2D eigenvalue weighted by Crippen LogP contribution is 2.43. The van der Waals surface area contributed by atoms with Gasteiger partial charge in [-0.15, -0.1) is 0 Å². The van der Waals surface area contributed by atoms with E-state index in [1.165, 1.54) is 6.92 Å². The van der Waals surface area contributed by atoms with Crippen molar-refractivity contribution in [3.8, 4) is 0 Å². The molecule has 1 aliphatic carbocycles. The Morgan fingerprint density at radius 3 is 2.20 bits per heavy atom. The third kappa shape index (κ3) is 2.49. The maximum Gasteiger partial charge on any atom is 0.270 e. The SMILES string of the molecule is CC1(C)CC(=NO)CC(C)(S(=O)(=O)O)C1. The second kappa shape index (κ2) is 3.45. The van der Waals surface area contributed by atoms with Gasteiger partial charge in [-0.25, -0.2) is 0 Å². The Morgan fingerprint density at radius 2 is 1.80 bits per heavy atom. The summed E-state index contributed by atoms with van der Waals surface area (Å²) in [5.41, 5.74) is 0.135. The molecule has 0 aromatic carbocycles. The Balaban J connectivity index is 3.14. The van der Waals surface area contributed by atoms with Crippen LogP contribution in [0.2, 0.25) is 0 Å². The summed E-state index contributed by atoms with van der Waals surface area (Å²) in [7, 11) is -4.13. The van der Waals surface area contributed by atoms with E-state index in [1.807, 2.05) is 13.8 Å². The Bertz CT molecular complexity index is 385. The van der Waals surface area contributed by atoms with Gasteiger partial charge in [0.1, 0.15) is 4.75 Å². The van der Waals surface area contributed by atoms with Gasteiger partial charge in [0.2, 0.25) is 0 Å². The molecular weight excluding hydrogens is 218 g/mol. The quantitative estimate of drug-likeness (QED) is 0.411. The molecule has 1 aliphatic rings. The van der Waals surface area contributed by atoms with E-state index in [2.05, 4.69) is 5.16 Å². The van der Waals surface area contributed by atoms with E-state index in [9.17, 15) is 13.0 Å². The van der Waals surface area contributed by atoms with Crippen molar-refractivity contribution in [2.45, 2.75) is 44.8 Å². The molecule has 1 atom stereocenters. The topological polar surface area (TPSA) is 87.0 Å². The van der Waals surface area contributed by atoms with Crippen molar-refractivity contribution in [3.63, 3.8) is 0 Å². The lowest BCUT2D eigenvalue weighted by atomic mass is 9.71. The zero-order chi connectivity index (χ0) is 11.9. The first-order chi connectivity index (χ1) is 6.60. The molecule has 0 spiro atoms. The van der Waals surface area contributed by atoms with Crippen LogP contribution in [0.1, 0.15) is 40.0 Å². The first kappa shape index (κ1) is 12.4. The van der Waals surface area contributed by atoms with Gasteiger partial charge in [0, 0.05) is 6.42 Å². The van der Waals surface area contributed by atoms with Gasteiger partial charge < -0.3 is 5.21 Å². The van der Waals surface area contributed by atoms with Crippen molar-refractivity contribution in [2.24, 2.45) is 10.6 Å². The highest BCUT2D eigenvalue weighted by Gasteiger charge is 2.47. The number of oxime groups is 1. The van der Waals surface area contributed by atoms with Crippen LogP contribution in [0.5, 0.6) is 0 Å². The highest BCUT2D eigenvalue weighted by molar-refractivity contribution is 7.87. The average Bonchev–Trinajstić information content (AvgIpc) is 1.98. The molecule has 1 unspecified atom stereocenters. The second-order valence-electron chi connectivity index (χ2n) is 5.29. The Labute approximate surface area is 89.9 Å². The van der Waals surface area contributed by atoms with Crippen molar-refractivity contribution in [2.75, 3.05) is 0 Å². The third-order valence-corrected chi connectivity index (χ3v) is 4.41. The standard InChI is InChI=1S/C9H17NO4S/c1-8(2)4-7(10-11)5-9(3,6-8)15(12,13)14/h11H,4-6H2,1-3H3,(H,12,13,14). The summed E-state index contributed by atoms with van der Waals surface area (Å²) >= 11 is 0. The maximum absolute atomic E-state index is 11.3. The fourth-order valence-corrected chi connectivity index (χ4v) is 3.36. The summed E-state index contributed by atoms with van der Waals surface area (Å²) in [5, 5.41) is 11.8. The number of hydrogen-bond acceptors (Lipinski definition) is 4. The maximum atomic E-state index is 11.3. The molecular formula is C9H17NO4S. The minimum absolute atomic E-state index is 0.0891. The van der Waals surface area contributed by atoms with Crippen LogP contribution in [0.4, 0.5) is 0 Å². The van der Waals surface area contributed by atoms with Crippen LogP contribution in [0.15, 0.2) is 5.16 Å². The van der Waals surface area contributed by atoms with Gasteiger partial charge in [-0.05, 0) is 25.2 Å². The van der Waals surface area contributed by atoms with Gasteiger partial charge in [-0.1, -0.05) is 19.0 Å². The summed E-state index contributed by atoms with van der Waals surface area (Å²) in [4.78, 5) is 0. The van der Waals surface area contributed by atoms with Crippen LogP contribution < -0.4 is 0 Å². The molecule has 1 saturated carbocycles.